The standard InChI is InChI=1S/C23H32ClN3O4S/c1-6-17-14-20(27(8-3)9-4)16(5)19(7-2)22(17)26-23(28)31-12-13-32(29,30)21-11-10-18(24)15-25-21/h10-11,14-15H,6-9,12-13H2,1-5H3,(H,26,28). The summed E-state index contributed by atoms with van der Waals surface area (Å²) in [7, 11) is -3.68. The van der Waals surface area contributed by atoms with Crippen LogP contribution in [-0.4, -0.2) is 44.9 Å². The summed E-state index contributed by atoms with van der Waals surface area (Å²) in [6.45, 7) is 11.9. The van der Waals surface area contributed by atoms with Gasteiger partial charge in [-0.1, -0.05) is 25.4 Å². The fraction of sp³-hybridized carbons (Fsp3) is 0.478. The van der Waals surface area contributed by atoms with Gasteiger partial charge >= 0.3 is 6.09 Å². The van der Waals surface area contributed by atoms with E-state index in [0.29, 0.717) is 5.02 Å². The van der Waals surface area contributed by atoms with Gasteiger partial charge in [-0.2, -0.15) is 0 Å². The molecule has 0 aliphatic carbocycles. The van der Waals surface area contributed by atoms with Crippen molar-refractivity contribution in [3.63, 3.8) is 0 Å². The monoisotopic (exact) mass is 481 g/mol. The molecule has 32 heavy (non-hydrogen) atoms. The first-order chi connectivity index (χ1) is 15.2. The molecule has 0 aliphatic rings. The number of aryl methyl sites for hydroxylation is 1. The van der Waals surface area contributed by atoms with Crippen molar-refractivity contribution in [2.24, 2.45) is 0 Å². The van der Waals surface area contributed by atoms with Crippen LogP contribution >= 0.6 is 11.6 Å². The number of halogens is 1. The van der Waals surface area contributed by atoms with Crippen LogP contribution in [0, 0.1) is 6.92 Å². The Balaban J connectivity index is 2.15. The third-order valence-corrected chi connectivity index (χ3v) is 7.25. The third kappa shape index (κ3) is 6.13. The van der Waals surface area contributed by atoms with Gasteiger partial charge in [0.1, 0.15) is 6.61 Å². The van der Waals surface area contributed by atoms with Gasteiger partial charge in [0, 0.05) is 25.0 Å². The average molecular weight is 482 g/mol. The van der Waals surface area contributed by atoms with Gasteiger partial charge in [-0.15, -0.1) is 0 Å². The normalized spacial score (nSPS) is 11.3. The van der Waals surface area contributed by atoms with E-state index in [1.54, 1.807) is 0 Å². The number of hydrogen-bond acceptors (Lipinski definition) is 6. The summed E-state index contributed by atoms with van der Waals surface area (Å²) in [5.74, 6) is -0.365. The molecule has 1 aromatic carbocycles. The number of anilines is 2. The van der Waals surface area contributed by atoms with Crippen LogP contribution in [0.25, 0.3) is 0 Å². The van der Waals surface area contributed by atoms with Gasteiger partial charge in [0.15, 0.2) is 14.9 Å². The molecule has 2 aromatic rings. The SMILES string of the molecule is CCc1cc(N(CC)CC)c(C)c(CC)c1NC(=O)OCCS(=O)(=O)c1ccc(Cl)cn1. The molecule has 0 fully saturated rings. The van der Waals surface area contributed by atoms with Crippen LogP contribution in [0.15, 0.2) is 29.4 Å². The summed E-state index contributed by atoms with van der Waals surface area (Å²) >= 11 is 5.75. The number of pyridine rings is 1. The van der Waals surface area contributed by atoms with Gasteiger partial charge in [0.05, 0.1) is 16.5 Å². The molecule has 1 aromatic heterocycles. The van der Waals surface area contributed by atoms with E-state index in [9.17, 15) is 13.2 Å². The quantitative estimate of drug-likeness (QED) is 0.511. The number of rotatable bonds is 10. The number of hydrogen-bond donors (Lipinski definition) is 1. The predicted octanol–water partition coefficient (Wildman–Crippen LogP) is 5.04. The van der Waals surface area contributed by atoms with Crippen molar-refractivity contribution in [2.45, 2.75) is 52.5 Å². The van der Waals surface area contributed by atoms with Gasteiger partial charge < -0.3 is 9.64 Å². The molecule has 9 heteroatoms. The van der Waals surface area contributed by atoms with E-state index in [2.05, 4.69) is 49.0 Å². The molecule has 7 nitrogen and oxygen atoms in total. The van der Waals surface area contributed by atoms with Crippen molar-refractivity contribution in [1.82, 2.24) is 4.98 Å². The minimum Gasteiger partial charge on any atom is -0.448 e. The Bertz CT molecular complexity index is 1040. The molecule has 0 bridgehead atoms. The summed E-state index contributed by atoms with van der Waals surface area (Å²) in [6.07, 6.45) is 2.09. The van der Waals surface area contributed by atoms with Crippen molar-refractivity contribution < 1.29 is 17.9 Å². The molecule has 0 saturated heterocycles. The number of amides is 1. The predicted molar refractivity (Wildman–Crippen MR) is 130 cm³/mol. The van der Waals surface area contributed by atoms with Crippen molar-refractivity contribution in [3.8, 4) is 0 Å². The molecule has 1 N–H and O–H groups in total. The molecule has 0 saturated carbocycles. The van der Waals surface area contributed by atoms with Crippen molar-refractivity contribution in [2.75, 3.05) is 35.7 Å². The summed E-state index contributed by atoms with van der Waals surface area (Å²) in [6, 6.07) is 4.91. The average Bonchev–Trinajstić information content (AvgIpc) is 2.76. The number of benzene rings is 1. The Labute approximate surface area is 196 Å². The maximum absolute atomic E-state index is 12.5. The second kappa shape index (κ2) is 11.5. The van der Waals surface area contributed by atoms with Gasteiger partial charge in [-0.3, -0.25) is 5.32 Å². The van der Waals surface area contributed by atoms with Crippen LogP contribution in [0.4, 0.5) is 16.2 Å². The van der Waals surface area contributed by atoms with E-state index < -0.39 is 15.9 Å². The molecular weight excluding hydrogens is 450 g/mol. The van der Waals surface area contributed by atoms with E-state index >= 15 is 0 Å². The minimum atomic E-state index is -3.68. The Morgan fingerprint density at radius 3 is 2.38 bits per heavy atom. The Morgan fingerprint density at radius 1 is 1.16 bits per heavy atom. The lowest BCUT2D eigenvalue weighted by atomic mass is 9.95. The number of ether oxygens (including phenoxy) is 1. The highest BCUT2D eigenvalue weighted by molar-refractivity contribution is 7.91. The highest BCUT2D eigenvalue weighted by Crippen LogP contribution is 2.34. The van der Waals surface area contributed by atoms with Gasteiger partial charge in [-0.05, 0) is 68.5 Å². The second-order valence-electron chi connectivity index (χ2n) is 7.31. The molecule has 2 rings (SSSR count). The lowest BCUT2D eigenvalue weighted by Gasteiger charge is -2.27. The highest BCUT2D eigenvalue weighted by atomic mass is 35.5. The first-order valence-corrected chi connectivity index (χ1v) is 12.9. The van der Waals surface area contributed by atoms with E-state index in [4.69, 9.17) is 16.3 Å². The number of carbonyl (C=O) groups excluding carboxylic acids is 1. The van der Waals surface area contributed by atoms with Gasteiger partial charge in [0.25, 0.3) is 0 Å². The lowest BCUT2D eigenvalue weighted by molar-refractivity contribution is 0.168. The van der Waals surface area contributed by atoms with Gasteiger partial charge in [-0.25, -0.2) is 18.2 Å². The van der Waals surface area contributed by atoms with Crippen LogP contribution < -0.4 is 10.2 Å². The van der Waals surface area contributed by atoms with Crippen LogP contribution in [0.3, 0.4) is 0 Å². The van der Waals surface area contributed by atoms with Crippen LogP contribution in [-0.2, 0) is 27.4 Å². The Hall–Kier alpha value is -2.32. The smallest absolute Gasteiger partial charge is 0.411 e. The molecule has 1 heterocycles. The molecule has 176 valence electrons. The number of nitrogens with zero attached hydrogens (tertiary/aromatic N) is 2. The molecule has 0 spiro atoms. The van der Waals surface area contributed by atoms with Crippen molar-refractivity contribution in [3.05, 3.63) is 46.1 Å². The highest BCUT2D eigenvalue weighted by Gasteiger charge is 2.20. The third-order valence-electron chi connectivity index (χ3n) is 5.44. The van der Waals surface area contributed by atoms with Crippen LogP contribution in [0.1, 0.15) is 44.4 Å². The van der Waals surface area contributed by atoms with Crippen LogP contribution in [0.2, 0.25) is 5.02 Å². The van der Waals surface area contributed by atoms with E-state index in [1.807, 2.05) is 6.92 Å². The minimum absolute atomic E-state index is 0.102. The second-order valence-corrected chi connectivity index (χ2v) is 9.80. The number of aromatic nitrogens is 1. The molecule has 0 atom stereocenters. The number of nitrogens with one attached hydrogen (secondary N) is 1. The first-order valence-electron chi connectivity index (χ1n) is 10.9. The summed E-state index contributed by atoms with van der Waals surface area (Å²) in [4.78, 5) is 18.6. The van der Waals surface area contributed by atoms with E-state index in [0.717, 1.165) is 48.3 Å². The fourth-order valence-electron chi connectivity index (χ4n) is 3.68. The van der Waals surface area contributed by atoms with E-state index in [1.165, 1.54) is 24.0 Å². The van der Waals surface area contributed by atoms with Crippen molar-refractivity contribution >= 4 is 38.9 Å². The fourth-order valence-corrected chi connectivity index (χ4v) is 4.80. The number of carbonyl (C=O) groups is 1. The Kier molecular flexibility index (Phi) is 9.33. The molecule has 1 amide bonds. The molecule has 0 unspecified atom stereocenters. The zero-order valence-electron chi connectivity index (χ0n) is 19.4. The maximum atomic E-state index is 12.5. The summed E-state index contributed by atoms with van der Waals surface area (Å²) < 4.78 is 29.9. The lowest BCUT2D eigenvalue weighted by Crippen LogP contribution is -2.25. The largest absolute Gasteiger partial charge is 0.448 e. The number of sulfone groups is 1. The molecule has 0 aliphatic heterocycles. The molecular formula is C23H32ClN3O4S. The summed E-state index contributed by atoms with van der Waals surface area (Å²) in [5, 5.41) is 3.10. The first kappa shape index (κ1) is 25.9. The van der Waals surface area contributed by atoms with Crippen molar-refractivity contribution in [1.29, 1.82) is 0 Å². The Morgan fingerprint density at radius 2 is 1.84 bits per heavy atom. The van der Waals surface area contributed by atoms with Crippen LogP contribution in [0.5, 0.6) is 0 Å². The van der Waals surface area contributed by atoms with Gasteiger partial charge in [0.2, 0.25) is 0 Å². The van der Waals surface area contributed by atoms with E-state index in [-0.39, 0.29) is 17.4 Å². The maximum Gasteiger partial charge on any atom is 0.411 e. The summed E-state index contributed by atoms with van der Waals surface area (Å²) in [5.41, 5.74) is 5.12. The zero-order valence-corrected chi connectivity index (χ0v) is 20.9. The zero-order chi connectivity index (χ0) is 23.9. The molecule has 0 radical (unpaired) electrons. The topological polar surface area (TPSA) is 88.6 Å².